The first-order valence-corrected chi connectivity index (χ1v) is 3.49. The SMILES string of the molecule is C/C=C\C=C(/CC)OC(N)=O. The van der Waals surface area contributed by atoms with Crippen molar-refractivity contribution in [2.45, 2.75) is 20.3 Å². The molecule has 2 N–H and O–H groups in total. The molecule has 62 valence electrons. The average molecular weight is 155 g/mol. The summed E-state index contributed by atoms with van der Waals surface area (Å²) in [5.41, 5.74) is 4.81. The summed E-state index contributed by atoms with van der Waals surface area (Å²) < 4.78 is 4.65. The summed E-state index contributed by atoms with van der Waals surface area (Å²) in [6, 6.07) is 0. The molecular weight excluding hydrogens is 142 g/mol. The molecular formula is C8H13NO2. The summed E-state index contributed by atoms with van der Waals surface area (Å²) in [5.74, 6) is 0.579. The molecule has 0 rings (SSSR count). The number of carbonyl (C=O) groups is 1. The first kappa shape index (κ1) is 9.75. The van der Waals surface area contributed by atoms with Crippen LogP contribution >= 0.6 is 0 Å². The molecule has 0 saturated heterocycles. The molecule has 0 unspecified atom stereocenters. The lowest BCUT2D eigenvalue weighted by Crippen LogP contribution is -2.12. The molecule has 0 aliphatic rings. The monoisotopic (exact) mass is 155 g/mol. The summed E-state index contributed by atoms with van der Waals surface area (Å²) in [6.45, 7) is 3.77. The molecule has 3 heteroatoms. The number of hydrogen-bond donors (Lipinski definition) is 1. The predicted molar refractivity (Wildman–Crippen MR) is 43.9 cm³/mol. The topological polar surface area (TPSA) is 52.3 Å². The van der Waals surface area contributed by atoms with Gasteiger partial charge >= 0.3 is 6.09 Å². The summed E-state index contributed by atoms with van der Waals surface area (Å²) >= 11 is 0. The molecule has 0 fully saturated rings. The van der Waals surface area contributed by atoms with E-state index in [1.807, 2.05) is 19.9 Å². The van der Waals surface area contributed by atoms with Crippen molar-refractivity contribution >= 4 is 6.09 Å². The van der Waals surface area contributed by atoms with E-state index in [-0.39, 0.29) is 0 Å². The molecule has 0 aliphatic heterocycles. The second-order valence-electron chi connectivity index (χ2n) is 1.93. The Hall–Kier alpha value is -1.25. The normalized spacial score (nSPS) is 12.0. The molecule has 0 aliphatic carbocycles. The van der Waals surface area contributed by atoms with Crippen LogP contribution in [0.25, 0.3) is 0 Å². The van der Waals surface area contributed by atoms with E-state index >= 15 is 0 Å². The second kappa shape index (κ2) is 5.53. The van der Waals surface area contributed by atoms with Crippen LogP contribution < -0.4 is 5.73 Å². The molecule has 0 heterocycles. The van der Waals surface area contributed by atoms with Crippen molar-refractivity contribution in [3.05, 3.63) is 24.0 Å². The van der Waals surface area contributed by atoms with Crippen LogP contribution in [0, 0.1) is 0 Å². The summed E-state index contributed by atoms with van der Waals surface area (Å²) in [7, 11) is 0. The molecule has 0 bridgehead atoms. The quantitative estimate of drug-likeness (QED) is 0.500. The van der Waals surface area contributed by atoms with Crippen LogP contribution in [0.15, 0.2) is 24.0 Å². The van der Waals surface area contributed by atoms with Crippen molar-refractivity contribution < 1.29 is 9.53 Å². The summed E-state index contributed by atoms with van der Waals surface area (Å²) in [6.07, 6.45) is 5.25. The van der Waals surface area contributed by atoms with Crippen LogP contribution in [0.2, 0.25) is 0 Å². The van der Waals surface area contributed by atoms with E-state index in [0.29, 0.717) is 12.2 Å². The van der Waals surface area contributed by atoms with Crippen LogP contribution in [-0.4, -0.2) is 6.09 Å². The number of ether oxygens (including phenoxy) is 1. The Bertz CT molecular complexity index is 183. The number of hydrogen-bond acceptors (Lipinski definition) is 2. The summed E-state index contributed by atoms with van der Waals surface area (Å²) in [4.78, 5) is 10.3. The zero-order chi connectivity index (χ0) is 8.69. The lowest BCUT2D eigenvalue weighted by atomic mass is 10.3. The fourth-order valence-electron chi connectivity index (χ4n) is 0.557. The van der Waals surface area contributed by atoms with Crippen LogP contribution in [-0.2, 0) is 4.74 Å². The minimum Gasteiger partial charge on any atom is -0.415 e. The Morgan fingerprint density at radius 2 is 2.27 bits per heavy atom. The second-order valence-corrected chi connectivity index (χ2v) is 1.93. The number of nitrogens with two attached hydrogens (primary N) is 1. The molecule has 0 aromatic heterocycles. The smallest absolute Gasteiger partial charge is 0.409 e. The Balaban J connectivity index is 4.04. The van der Waals surface area contributed by atoms with Gasteiger partial charge in [-0.1, -0.05) is 19.1 Å². The van der Waals surface area contributed by atoms with E-state index in [2.05, 4.69) is 4.74 Å². The van der Waals surface area contributed by atoms with E-state index in [9.17, 15) is 4.79 Å². The first-order valence-electron chi connectivity index (χ1n) is 3.49. The molecule has 11 heavy (non-hydrogen) atoms. The zero-order valence-corrected chi connectivity index (χ0v) is 6.83. The van der Waals surface area contributed by atoms with Gasteiger partial charge in [0.1, 0.15) is 5.76 Å². The maximum Gasteiger partial charge on any atom is 0.409 e. The van der Waals surface area contributed by atoms with Crippen molar-refractivity contribution in [3.8, 4) is 0 Å². The number of carbonyl (C=O) groups excluding carboxylic acids is 1. The van der Waals surface area contributed by atoms with Gasteiger partial charge in [-0.2, -0.15) is 0 Å². The fourth-order valence-corrected chi connectivity index (χ4v) is 0.557. The lowest BCUT2D eigenvalue weighted by Gasteiger charge is -2.00. The van der Waals surface area contributed by atoms with Crippen LogP contribution in [0.4, 0.5) is 4.79 Å². The fraction of sp³-hybridized carbons (Fsp3) is 0.375. The van der Waals surface area contributed by atoms with E-state index in [1.165, 1.54) is 0 Å². The van der Waals surface area contributed by atoms with Crippen LogP contribution in [0.3, 0.4) is 0 Å². The van der Waals surface area contributed by atoms with Gasteiger partial charge in [-0.05, 0) is 13.0 Å². The third-order valence-corrected chi connectivity index (χ3v) is 1.05. The van der Waals surface area contributed by atoms with E-state index in [4.69, 9.17) is 5.73 Å². The van der Waals surface area contributed by atoms with Crippen molar-refractivity contribution in [2.24, 2.45) is 5.73 Å². The lowest BCUT2D eigenvalue weighted by molar-refractivity contribution is 0.184. The van der Waals surface area contributed by atoms with Crippen LogP contribution in [0.5, 0.6) is 0 Å². The highest BCUT2D eigenvalue weighted by Crippen LogP contribution is 2.02. The van der Waals surface area contributed by atoms with Crippen LogP contribution in [0.1, 0.15) is 20.3 Å². The van der Waals surface area contributed by atoms with Gasteiger partial charge in [0.15, 0.2) is 0 Å². The molecule has 0 aromatic rings. The first-order chi connectivity index (χ1) is 5.20. The third-order valence-electron chi connectivity index (χ3n) is 1.05. The molecule has 0 aromatic carbocycles. The molecule has 0 atom stereocenters. The summed E-state index contributed by atoms with van der Waals surface area (Å²) in [5, 5.41) is 0. The molecule has 3 nitrogen and oxygen atoms in total. The van der Waals surface area contributed by atoms with Gasteiger partial charge in [0, 0.05) is 6.42 Å². The number of allylic oxidation sites excluding steroid dienone is 4. The van der Waals surface area contributed by atoms with Gasteiger partial charge in [0.25, 0.3) is 0 Å². The van der Waals surface area contributed by atoms with Gasteiger partial charge in [-0.25, -0.2) is 4.79 Å². The van der Waals surface area contributed by atoms with E-state index < -0.39 is 6.09 Å². The Morgan fingerprint density at radius 1 is 1.64 bits per heavy atom. The average Bonchev–Trinajstić information content (AvgIpc) is 1.97. The standard InChI is InChI=1S/C8H13NO2/c1-3-5-6-7(4-2)11-8(9)10/h3,5-6H,4H2,1-2H3,(H2,9,10)/b5-3-,7-6+. The number of rotatable bonds is 3. The van der Waals surface area contributed by atoms with Gasteiger partial charge < -0.3 is 10.5 Å². The maximum atomic E-state index is 10.3. The largest absolute Gasteiger partial charge is 0.415 e. The van der Waals surface area contributed by atoms with Gasteiger partial charge in [-0.3, -0.25) is 0 Å². The third kappa shape index (κ3) is 5.21. The van der Waals surface area contributed by atoms with Gasteiger partial charge in [-0.15, -0.1) is 0 Å². The van der Waals surface area contributed by atoms with Crippen molar-refractivity contribution in [1.82, 2.24) is 0 Å². The van der Waals surface area contributed by atoms with Gasteiger partial charge in [0.05, 0.1) is 0 Å². The zero-order valence-electron chi connectivity index (χ0n) is 6.83. The number of primary amides is 1. The van der Waals surface area contributed by atoms with E-state index in [1.54, 1.807) is 12.2 Å². The molecule has 1 amide bonds. The predicted octanol–water partition coefficient (Wildman–Crippen LogP) is 1.95. The van der Waals surface area contributed by atoms with Gasteiger partial charge in [0.2, 0.25) is 0 Å². The minimum atomic E-state index is -0.761. The highest BCUT2D eigenvalue weighted by molar-refractivity contribution is 5.66. The molecule has 0 saturated carbocycles. The molecule has 0 spiro atoms. The molecule has 0 radical (unpaired) electrons. The van der Waals surface area contributed by atoms with Crippen molar-refractivity contribution in [2.75, 3.05) is 0 Å². The number of amides is 1. The Morgan fingerprint density at radius 3 is 2.64 bits per heavy atom. The van der Waals surface area contributed by atoms with Crippen molar-refractivity contribution in [3.63, 3.8) is 0 Å². The minimum absolute atomic E-state index is 0.579. The highest BCUT2D eigenvalue weighted by atomic mass is 16.5. The highest BCUT2D eigenvalue weighted by Gasteiger charge is 1.96. The Labute approximate surface area is 66.5 Å². The van der Waals surface area contributed by atoms with Crippen molar-refractivity contribution in [1.29, 1.82) is 0 Å². The Kier molecular flexibility index (Phi) is 4.90. The van der Waals surface area contributed by atoms with E-state index in [0.717, 1.165) is 0 Å². The maximum absolute atomic E-state index is 10.3.